The van der Waals surface area contributed by atoms with E-state index in [1.807, 2.05) is 7.05 Å². The van der Waals surface area contributed by atoms with Crippen molar-refractivity contribution in [2.75, 3.05) is 26.0 Å². The maximum atomic E-state index is 4.28. The fourth-order valence-electron chi connectivity index (χ4n) is 2.23. The molecule has 0 spiro atoms. The average molecular weight is 402 g/mol. The summed E-state index contributed by atoms with van der Waals surface area (Å²) in [6.07, 6.45) is 1.25. The van der Waals surface area contributed by atoms with Gasteiger partial charge in [0.1, 0.15) is 0 Å². The van der Waals surface area contributed by atoms with E-state index in [2.05, 4.69) is 66.7 Å². The van der Waals surface area contributed by atoms with Gasteiger partial charge in [-0.05, 0) is 42.5 Å². The molecule has 0 saturated heterocycles. The van der Waals surface area contributed by atoms with Crippen molar-refractivity contribution in [2.24, 2.45) is 10.9 Å². The van der Waals surface area contributed by atoms with E-state index < -0.39 is 0 Å². The molecule has 0 aliphatic heterocycles. The van der Waals surface area contributed by atoms with E-state index in [-0.39, 0.29) is 24.0 Å². The van der Waals surface area contributed by atoms with Gasteiger partial charge < -0.3 is 15.5 Å². The Hall–Kier alpha value is -0.980. The fraction of sp³-hybridized carbons (Fsp3) is 0.562. The van der Waals surface area contributed by atoms with Crippen LogP contribution in [0.15, 0.2) is 23.2 Å². The van der Waals surface area contributed by atoms with Gasteiger partial charge in [0.25, 0.3) is 0 Å². The first-order chi connectivity index (χ1) is 9.51. The van der Waals surface area contributed by atoms with Crippen LogP contribution in [0.5, 0.6) is 0 Å². The number of guanidine groups is 1. The average Bonchev–Trinajstić information content (AvgIpc) is 3.10. The van der Waals surface area contributed by atoms with E-state index >= 15 is 0 Å². The van der Waals surface area contributed by atoms with Crippen LogP contribution in [-0.2, 0) is 6.54 Å². The van der Waals surface area contributed by atoms with Crippen LogP contribution in [0.4, 0.5) is 5.69 Å². The number of benzene rings is 1. The number of aliphatic imine (C=N–C) groups is 1. The van der Waals surface area contributed by atoms with Gasteiger partial charge in [0.15, 0.2) is 5.96 Å². The van der Waals surface area contributed by atoms with Gasteiger partial charge in [0.2, 0.25) is 0 Å². The summed E-state index contributed by atoms with van der Waals surface area (Å²) in [5.74, 6) is 1.67. The quantitative estimate of drug-likeness (QED) is 0.462. The number of nitrogens with one attached hydrogen (secondary N) is 2. The molecule has 1 aromatic rings. The van der Waals surface area contributed by atoms with E-state index in [1.165, 1.54) is 23.2 Å². The second kappa shape index (κ2) is 7.87. The highest BCUT2D eigenvalue weighted by Gasteiger charge is 2.33. The molecule has 5 heteroatoms. The van der Waals surface area contributed by atoms with Gasteiger partial charge in [-0.15, -0.1) is 24.0 Å². The van der Waals surface area contributed by atoms with Gasteiger partial charge >= 0.3 is 0 Å². The molecule has 1 aromatic carbocycles. The minimum Gasteiger partial charge on any atom is -0.378 e. The topological polar surface area (TPSA) is 39.7 Å². The lowest BCUT2D eigenvalue weighted by Crippen LogP contribution is -2.38. The molecule has 0 bridgehead atoms. The van der Waals surface area contributed by atoms with Crippen LogP contribution in [0.1, 0.15) is 24.5 Å². The fourth-order valence-corrected chi connectivity index (χ4v) is 2.23. The molecule has 118 valence electrons. The van der Waals surface area contributed by atoms with E-state index in [9.17, 15) is 0 Å². The van der Waals surface area contributed by atoms with Gasteiger partial charge in [0.05, 0.1) is 0 Å². The first kappa shape index (κ1) is 18.1. The molecule has 2 N–H and O–H groups in total. The molecule has 2 unspecified atom stereocenters. The monoisotopic (exact) mass is 402 g/mol. The summed E-state index contributed by atoms with van der Waals surface area (Å²) in [4.78, 5) is 6.40. The number of anilines is 1. The Balaban J connectivity index is 0.00000220. The number of hydrogen-bond acceptors (Lipinski definition) is 2. The molecule has 0 aromatic heterocycles. The van der Waals surface area contributed by atoms with E-state index in [1.54, 1.807) is 0 Å². The molecule has 2 atom stereocenters. The minimum atomic E-state index is 0. The molecular formula is C16H27IN4. The van der Waals surface area contributed by atoms with Crippen LogP contribution in [0.2, 0.25) is 0 Å². The predicted octanol–water partition coefficient (Wildman–Crippen LogP) is 2.75. The van der Waals surface area contributed by atoms with Crippen LogP contribution in [0.3, 0.4) is 0 Å². The lowest BCUT2D eigenvalue weighted by molar-refractivity contribution is 0.762. The van der Waals surface area contributed by atoms with Crippen molar-refractivity contribution in [3.63, 3.8) is 0 Å². The van der Waals surface area contributed by atoms with Crippen molar-refractivity contribution in [3.05, 3.63) is 29.3 Å². The molecule has 1 fully saturated rings. The Morgan fingerprint density at radius 3 is 2.52 bits per heavy atom. The van der Waals surface area contributed by atoms with Crippen LogP contribution in [0, 0.1) is 12.8 Å². The molecule has 1 aliphatic carbocycles. The third-order valence-electron chi connectivity index (χ3n) is 3.94. The highest BCUT2D eigenvalue weighted by atomic mass is 127. The van der Waals surface area contributed by atoms with Crippen molar-refractivity contribution < 1.29 is 0 Å². The van der Waals surface area contributed by atoms with E-state index in [0.717, 1.165) is 18.4 Å². The summed E-state index contributed by atoms with van der Waals surface area (Å²) in [6.45, 7) is 5.22. The molecule has 21 heavy (non-hydrogen) atoms. The van der Waals surface area contributed by atoms with Crippen LogP contribution in [0.25, 0.3) is 0 Å². The van der Waals surface area contributed by atoms with Crippen molar-refractivity contribution in [1.29, 1.82) is 0 Å². The first-order valence-electron chi connectivity index (χ1n) is 7.25. The van der Waals surface area contributed by atoms with Gasteiger partial charge in [-0.1, -0.05) is 13.0 Å². The van der Waals surface area contributed by atoms with Crippen LogP contribution < -0.4 is 15.5 Å². The smallest absolute Gasteiger partial charge is 0.191 e. The molecule has 1 aliphatic rings. The summed E-state index contributed by atoms with van der Waals surface area (Å²) in [7, 11) is 5.95. The highest BCUT2D eigenvalue weighted by molar-refractivity contribution is 14.0. The lowest BCUT2D eigenvalue weighted by atomic mass is 10.1. The second-order valence-corrected chi connectivity index (χ2v) is 5.89. The summed E-state index contributed by atoms with van der Waals surface area (Å²) in [5, 5.41) is 6.83. The van der Waals surface area contributed by atoms with Gasteiger partial charge in [-0.25, -0.2) is 0 Å². The standard InChI is InChI=1S/C16H26N4.HI/c1-11-8-14(20(4)5)7-6-13(11)10-18-16(17-3)19-15-9-12(15)2;/h6-8,12,15H,9-10H2,1-5H3,(H2,17,18,19);1H. The molecule has 1 saturated carbocycles. The third kappa shape index (κ3) is 5.05. The molecule has 0 radical (unpaired) electrons. The third-order valence-corrected chi connectivity index (χ3v) is 3.94. The molecule has 0 amide bonds. The Morgan fingerprint density at radius 2 is 2.05 bits per heavy atom. The lowest BCUT2D eigenvalue weighted by Gasteiger charge is -2.16. The van der Waals surface area contributed by atoms with Crippen molar-refractivity contribution >= 4 is 35.6 Å². The number of aryl methyl sites for hydroxylation is 1. The van der Waals surface area contributed by atoms with Crippen LogP contribution >= 0.6 is 24.0 Å². The van der Waals surface area contributed by atoms with Gasteiger partial charge in [-0.2, -0.15) is 0 Å². The zero-order valence-electron chi connectivity index (χ0n) is 13.6. The van der Waals surface area contributed by atoms with Gasteiger partial charge in [-0.3, -0.25) is 4.99 Å². The Bertz CT molecular complexity index is 499. The first-order valence-corrected chi connectivity index (χ1v) is 7.25. The Labute approximate surface area is 145 Å². The van der Waals surface area contributed by atoms with Crippen molar-refractivity contribution in [3.8, 4) is 0 Å². The Kier molecular flexibility index (Phi) is 6.77. The number of hydrogen-bond donors (Lipinski definition) is 2. The second-order valence-electron chi connectivity index (χ2n) is 5.89. The molecule has 2 rings (SSSR count). The minimum absolute atomic E-state index is 0. The van der Waals surface area contributed by atoms with Crippen molar-refractivity contribution in [2.45, 2.75) is 32.9 Å². The molecule has 0 heterocycles. The number of rotatable bonds is 4. The zero-order valence-corrected chi connectivity index (χ0v) is 15.9. The zero-order chi connectivity index (χ0) is 14.7. The highest BCUT2D eigenvalue weighted by Crippen LogP contribution is 2.28. The Morgan fingerprint density at radius 1 is 1.38 bits per heavy atom. The SMILES string of the molecule is CN=C(NCc1ccc(N(C)C)cc1C)NC1CC1C.I. The van der Waals surface area contributed by atoms with E-state index in [0.29, 0.717) is 6.04 Å². The molecular weight excluding hydrogens is 375 g/mol. The number of nitrogens with zero attached hydrogens (tertiary/aromatic N) is 2. The largest absolute Gasteiger partial charge is 0.378 e. The van der Waals surface area contributed by atoms with Crippen LogP contribution in [-0.4, -0.2) is 33.1 Å². The molecule has 4 nitrogen and oxygen atoms in total. The van der Waals surface area contributed by atoms with Gasteiger partial charge in [0, 0.05) is 39.4 Å². The van der Waals surface area contributed by atoms with E-state index in [4.69, 9.17) is 0 Å². The summed E-state index contributed by atoms with van der Waals surface area (Å²) in [6, 6.07) is 7.16. The number of halogens is 1. The summed E-state index contributed by atoms with van der Waals surface area (Å²) >= 11 is 0. The maximum absolute atomic E-state index is 4.28. The van der Waals surface area contributed by atoms with Crippen molar-refractivity contribution in [1.82, 2.24) is 10.6 Å². The normalized spacial score (nSPS) is 20.5. The maximum Gasteiger partial charge on any atom is 0.191 e. The summed E-state index contributed by atoms with van der Waals surface area (Å²) < 4.78 is 0. The predicted molar refractivity (Wildman–Crippen MR) is 102 cm³/mol. The summed E-state index contributed by atoms with van der Waals surface area (Å²) in [5.41, 5.74) is 3.85.